The predicted octanol–water partition coefficient (Wildman–Crippen LogP) is 3.85. The number of hydrogen-bond acceptors (Lipinski definition) is 4. The van der Waals surface area contributed by atoms with Gasteiger partial charge >= 0.3 is 0 Å². The lowest BCUT2D eigenvalue weighted by Crippen LogP contribution is -2.56. The molecule has 1 amide bonds. The Kier molecular flexibility index (Phi) is 5.01. The first-order valence-corrected chi connectivity index (χ1v) is 9.82. The molecule has 2 fully saturated rings. The van der Waals surface area contributed by atoms with E-state index >= 15 is 0 Å². The highest BCUT2D eigenvalue weighted by atomic mass is 35.5. The number of nitrogens with zero attached hydrogens (tertiary/aromatic N) is 2. The van der Waals surface area contributed by atoms with Gasteiger partial charge in [-0.15, -0.1) is 0 Å². The van der Waals surface area contributed by atoms with Crippen molar-refractivity contribution in [2.45, 2.75) is 25.4 Å². The van der Waals surface area contributed by atoms with Crippen LogP contribution in [0.5, 0.6) is 0 Å². The number of carbonyl (C=O) groups is 1. The Labute approximate surface area is 164 Å². The molecule has 0 saturated carbocycles. The fraction of sp³-hybridized carbons (Fsp3) is 0.476. The highest BCUT2D eigenvalue weighted by Gasteiger charge is 2.40. The van der Waals surface area contributed by atoms with Gasteiger partial charge in [0.2, 0.25) is 0 Å². The van der Waals surface area contributed by atoms with Gasteiger partial charge in [0.1, 0.15) is 11.5 Å². The molecule has 1 aromatic heterocycles. The Morgan fingerprint density at radius 3 is 2.63 bits per heavy atom. The number of benzene rings is 1. The molecule has 27 heavy (non-hydrogen) atoms. The van der Waals surface area contributed by atoms with Gasteiger partial charge in [0.05, 0.1) is 22.8 Å². The van der Waals surface area contributed by atoms with E-state index in [1.54, 1.807) is 0 Å². The number of carbonyl (C=O) groups excluding carboxylic acids is 1. The monoisotopic (exact) mass is 388 g/mol. The van der Waals surface area contributed by atoms with Gasteiger partial charge in [-0.05, 0) is 45.0 Å². The molecule has 5 nitrogen and oxygen atoms in total. The van der Waals surface area contributed by atoms with Crippen molar-refractivity contribution < 1.29 is 13.9 Å². The number of ether oxygens (including phenoxy) is 1. The summed E-state index contributed by atoms with van der Waals surface area (Å²) >= 11 is 6.27. The maximum Gasteiger partial charge on any atom is 0.257 e. The third kappa shape index (κ3) is 3.64. The summed E-state index contributed by atoms with van der Waals surface area (Å²) in [4.78, 5) is 17.3. The van der Waals surface area contributed by atoms with Crippen LogP contribution in [0.3, 0.4) is 0 Å². The first-order valence-electron chi connectivity index (χ1n) is 9.45. The van der Waals surface area contributed by atoms with Gasteiger partial charge in [-0.25, -0.2) is 0 Å². The Balaban J connectivity index is 1.49. The molecule has 144 valence electrons. The van der Waals surface area contributed by atoms with E-state index in [4.69, 9.17) is 20.8 Å². The summed E-state index contributed by atoms with van der Waals surface area (Å²) in [5.74, 6) is 1.28. The molecule has 3 heterocycles. The van der Waals surface area contributed by atoms with Crippen molar-refractivity contribution in [2.24, 2.45) is 0 Å². The van der Waals surface area contributed by atoms with Crippen LogP contribution in [0.4, 0.5) is 0 Å². The molecule has 2 aliphatic heterocycles. The average molecular weight is 389 g/mol. The zero-order valence-electron chi connectivity index (χ0n) is 15.8. The van der Waals surface area contributed by atoms with Gasteiger partial charge in [-0.3, -0.25) is 4.79 Å². The number of morpholine rings is 1. The molecule has 2 aliphatic rings. The number of furan rings is 1. The van der Waals surface area contributed by atoms with E-state index in [0.29, 0.717) is 35.2 Å². The molecule has 1 aromatic carbocycles. The van der Waals surface area contributed by atoms with E-state index in [0.717, 1.165) is 38.1 Å². The van der Waals surface area contributed by atoms with Crippen molar-refractivity contribution in [1.29, 1.82) is 0 Å². The number of rotatable bonds is 2. The number of likely N-dealkylation sites (N-methyl/N-ethyl adjacent to an activating group) is 1. The molecule has 0 N–H and O–H groups in total. The second kappa shape index (κ2) is 7.30. The van der Waals surface area contributed by atoms with Crippen molar-refractivity contribution in [3.05, 3.63) is 46.7 Å². The van der Waals surface area contributed by atoms with E-state index in [-0.39, 0.29) is 11.5 Å². The van der Waals surface area contributed by atoms with Crippen LogP contribution in [0.1, 0.15) is 29.0 Å². The lowest BCUT2D eigenvalue weighted by Gasteiger charge is -2.46. The van der Waals surface area contributed by atoms with Gasteiger partial charge in [-0.1, -0.05) is 23.7 Å². The normalized spacial score (nSPS) is 20.2. The maximum atomic E-state index is 13.1. The van der Waals surface area contributed by atoms with Crippen LogP contribution in [-0.4, -0.2) is 61.1 Å². The van der Waals surface area contributed by atoms with Crippen LogP contribution in [0.25, 0.3) is 11.3 Å². The zero-order valence-corrected chi connectivity index (χ0v) is 16.6. The van der Waals surface area contributed by atoms with E-state index in [1.807, 2.05) is 42.2 Å². The van der Waals surface area contributed by atoms with Crippen LogP contribution in [0.2, 0.25) is 5.02 Å². The number of halogens is 1. The third-order valence-corrected chi connectivity index (χ3v) is 6.02. The summed E-state index contributed by atoms with van der Waals surface area (Å²) in [6.07, 6.45) is 1.74. The van der Waals surface area contributed by atoms with Gasteiger partial charge in [0.15, 0.2) is 0 Å². The standard InChI is InChI=1S/C21H25ClN2O3/c1-15-17(13-19(27-15)16-5-3-4-6-18(16)22)20(25)24-9-7-21(8-10-24)14-23(2)11-12-26-21/h3-6,13H,7-12,14H2,1-2H3. The maximum absolute atomic E-state index is 13.1. The number of piperidine rings is 1. The molecule has 4 rings (SSSR count). The minimum atomic E-state index is -0.0993. The van der Waals surface area contributed by atoms with Crippen molar-refractivity contribution in [3.63, 3.8) is 0 Å². The van der Waals surface area contributed by atoms with Gasteiger partial charge in [0, 0.05) is 31.7 Å². The fourth-order valence-corrected chi connectivity index (χ4v) is 4.34. The molecule has 0 bridgehead atoms. The molecule has 0 aliphatic carbocycles. The van der Waals surface area contributed by atoms with Gasteiger partial charge in [-0.2, -0.15) is 0 Å². The van der Waals surface area contributed by atoms with Crippen molar-refractivity contribution >= 4 is 17.5 Å². The number of amides is 1. The molecule has 0 atom stereocenters. The molecule has 0 radical (unpaired) electrons. The van der Waals surface area contributed by atoms with Crippen molar-refractivity contribution in [3.8, 4) is 11.3 Å². The molecule has 1 spiro atoms. The van der Waals surface area contributed by atoms with Gasteiger partial charge in [0.25, 0.3) is 5.91 Å². The largest absolute Gasteiger partial charge is 0.460 e. The van der Waals surface area contributed by atoms with Crippen LogP contribution < -0.4 is 0 Å². The summed E-state index contributed by atoms with van der Waals surface area (Å²) in [7, 11) is 2.13. The number of likely N-dealkylation sites (tertiary alicyclic amines) is 1. The minimum Gasteiger partial charge on any atom is -0.460 e. The topological polar surface area (TPSA) is 45.9 Å². The second-order valence-electron chi connectivity index (χ2n) is 7.62. The average Bonchev–Trinajstić information content (AvgIpc) is 3.03. The quantitative estimate of drug-likeness (QED) is 0.784. The van der Waals surface area contributed by atoms with E-state index < -0.39 is 0 Å². The van der Waals surface area contributed by atoms with Gasteiger partial charge < -0.3 is 19.0 Å². The van der Waals surface area contributed by atoms with Crippen LogP contribution in [0.15, 0.2) is 34.7 Å². The van der Waals surface area contributed by atoms with Crippen LogP contribution in [0, 0.1) is 6.92 Å². The Hall–Kier alpha value is -1.82. The highest BCUT2D eigenvalue weighted by molar-refractivity contribution is 6.33. The molecule has 6 heteroatoms. The molecule has 0 unspecified atom stereocenters. The first-order chi connectivity index (χ1) is 13.0. The Morgan fingerprint density at radius 2 is 1.93 bits per heavy atom. The SMILES string of the molecule is Cc1oc(-c2ccccc2Cl)cc1C(=O)N1CCC2(CC1)CN(C)CCO2. The molecular formula is C21H25ClN2O3. The fourth-order valence-electron chi connectivity index (χ4n) is 4.11. The molecule has 2 saturated heterocycles. The predicted molar refractivity (Wildman–Crippen MR) is 105 cm³/mol. The number of aryl methyl sites for hydroxylation is 1. The van der Waals surface area contributed by atoms with Crippen LogP contribution in [-0.2, 0) is 4.74 Å². The summed E-state index contributed by atoms with van der Waals surface area (Å²) in [5.41, 5.74) is 1.32. The Bertz CT molecular complexity index is 840. The summed E-state index contributed by atoms with van der Waals surface area (Å²) in [5, 5.41) is 0.615. The van der Waals surface area contributed by atoms with Crippen molar-refractivity contribution in [2.75, 3.05) is 39.8 Å². The third-order valence-electron chi connectivity index (χ3n) is 5.69. The lowest BCUT2D eigenvalue weighted by atomic mass is 9.89. The smallest absolute Gasteiger partial charge is 0.257 e. The summed E-state index contributed by atoms with van der Waals surface area (Å²) < 4.78 is 12.0. The molecular weight excluding hydrogens is 364 g/mol. The van der Waals surface area contributed by atoms with E-state index in [1.165, 1.54) is 0 Å². The summed E-state index contributed by atoms with van der Waals surface area (Å²) in [6, 6.07) is 9.32. The minimum absolute atomic E-state index is 0.0218. The molecule has 2 aromatic rings. The van der Waals surface area contributed by atoms with E-state index in [2.05, 4.69) is 11.9 Å². The highest BCUT2D eigenvalue weighted by Crippen LogP contribution is 2.33. The first kappa shape index (κ1) is 18.5. The second-order valence-corrected chi connectivity index (χ2v) is 8.03. The van der Waals surface area contributed by atoms with Crippen molar-refractivity contribution in [1.82, 2.24) is 9.80 Å². The Morgan fingerprint density at radius 1 is 1.19 bits per heavy atom. The number of hydrogen-bond donors (Lipinski definition) is 0. The summed E-state index contributed by atoms with van der Waals surface area (Å²) in [6.45, 7) is 5.93. The van der Waals surface area contributed by atoms with E-state index in [9.17, 15) is 4.79 Å². The zero-order chi connectivity index (χ0) is 19.0. The van der Waals surface area contributed by atoms with Crippen LogP contribution >= 0.6 is 11.6 Å². The lowest BCUT2D eigenvalue weighted by molar-refractivity contribution is -0.127.